The van der Waals surface area contributed by atoms with E-state index in [0.29, 0.717) is 22.5 Å². The second-order valence-corrected chi connectivity index (χ2v) is 4.62. The van der Waals surface area contributed by atoms with Gasteiger partial charge >= 0.3 is 5.97 Å². The Morgan fingerprint density at radius 1 is 1.17 bits per heavy atom. The molecule has 0 fully saturated rings. The highest BCUT2D eigenvalue weighted by molar-refractivity contribution is 5.83. The van der Waals surface area contributed by atoms with Gasteiger partial charge in [0.15, 0.2) is 0 Å². The van der Waals surface area contributed by atoms with Crippen LogP contribution < -0.4 is 9.47 Å². The van der Waals surface area contributed by atoms with Gasteiger partial charge in [0.1, 0.15) is 34.0 Å². The molecule has 1 N–H and O–H groups in total. The Hall–Kier alpha value is -3.35. The van der Waals surface area contributed by atoms with Gasteiger partial charge in [0.25, 0.3) is 0 Å². The van der Waals surface area contributed by atoms with Crippen LogP contribution in [0.2, 0.25) is 0 Å². The molecule has 0 radical (unpaired) electrons. The van der Waals surface area contributed by atoms with Crippen LogP contribution in [0.1, 0.15) is 0 Å². The summed E-state index contributed by atoms with van der Waals surface area (Å²) in [6, 6.07) is 9.69. The van der Waals surface area contributed by atoms with Gasteiger partial charge in [-0.15, -0.1) is 15.0 Å². The Bertz CT molecular complexity index is 901. The summed E-state index contributed by atoms with van der Waals surface area (Å²) >= 11 is 0. The van der Waals surface area contributed by atoms with Crippen molar-refractivity contribution in [1.82, 2.24) is 15.0 Å². The molecule has 3 rings (SSSR count). The monoisotopic (exact) mass is 311 g/mol. The molecule has 23 heavy (non-hydrogen) atoms. The van der Waals surface area contributed by atoms with Crippen molar-refractivity contribution >= 4 is 17.0 Å². The molecule has 116 valence electrons. The number of phenols is 1. The molecule has 0 spiro atoms. The molecule has 3 aromatic rings. The van der Waals surface area contributed by atoms with Crippen LogP contribution in [-0.4, -0.2) is 33.2 Å². The zero-order valence-electron chi connectivity index (χ0n) is 12.3. The fraction of sp³-hybridized carbons (Fsp3) is 0.0625. The maximum Gasteiger partial charge on any atom is 0.335 e. The Morgan fingerprint density at radius 3 is 2.61 bits per heavy atom. The van der Waals surface area contributed by atoms with E-state index in [1.54, 1.807) is 31.4 Å². The highest BCUT2D eigenvalue weighted by Crippen LogP contribution is 2.27. The van der Waals surface area contributed by atoms with Crippen LogP contribution in [0.5, 0.6) is 17.2 Å². The molecule has 0 unspecified atom stereocenters. The Balaban J connectivity index is 1.98. The van der Waals surface area contributed by atoms with Crippen LogP contribution in [0.3, 0.4) is 0 Å². The molecule has 0 aliphatic heterocycles. The maximum absolute atomic E-state index is 11.2. The summed E-state index contributed by atoms with van der Waals surface area (Å²) in [6.45, 7) is 3.31. The quantitative estimate of drug-likeness (QED) is 0.452. The number of esters is 1. The number of aromatic hydroxyl groups is 1. The van der Waals surface area contributed by atoms with Gasteiger partial charge in [0.2, 0.25) is 0 Å². The van der Waals surface area contributed by atoms with Crippen molar-refractivity contribution in [3.05, 3.63) is 49.1 Å². The summed E-state index contributed by atoms with van der Waals surface area (Å²) in [5.41, 5.74) is 1.65. The van der Waals surface area contributed by atoms with Gasteiger partial charge in [0, 0.05) is 18.2 Å². The number of methoxy groups -OCH3 is 1. The molecule has 0 atom stereocenters. The molecule has 0 aliphatic rings. The Morgan fingerprint density at radius 2 is 1.91 bits per heavy atom. The van der Waals surface area contributed by atoms with Crippen LogP contribution in [0.15, 0.2) is 49.1 Å². The molecule has 0 saturated heterocycles. The molecule has 0 amide bonds. The van der Waals surface area contributed by atoms with E-state index in [-0.39, 0.29) is 11.5 Å². The average Bonchev–Trinajstić information content (AvgIpc) is 2.97. The molecule has 0 bridgehead atoms. The van der Waals surface area contributed by atoms with Crippen molar-refractivity contribution in [1.29, 1.82) is 0 Å². The van der Waals surface area contributed by atoms with E-state index >= 15 is 0 Å². The van der Waals surface area contributed by atoms with Gasteiger partial charge in [0.05, 0.1) is 7.11 Å². The first-order valence-electron chi connectivity index (χ1n) is 6.69. The van der Waals surface area contributed by atoms with Crippen molar-refractivity contribution in [3.63, 3.8) is 0 Å². The normalized spacial score (nSPS) is 10.5. The molecule has 7 nitrogen and oxygen atoms in total. The standard InChI is InChI=1S/C16H13N3O4/c1-3-16(21)23-11-5-7-14(15(20)9-11)19-17-12-6-4-10(22-2)8-13(12)18-19/h3-9,20H,1H2,2H3. The molecular formula is C16H13N3O4. The van der Waals surface area contributed by atoms with Gasteiger partial charge < -0.3 is 14.6 Å². The zero-order chi connectivity index (χ0) is 16.4. The highest BCUT2D eigenvalue weighted by Gasteiger charge is 2.11. The van der Waals surface area contributed by atoms with Crippen LogP contribution in [0, 0.1) is 0 Å². The summed E-state index contributed by atoms with van der Waals surface area (Å²) in [4.78, 5) is 12.5. The first kappa shape index (κ1) is 14.6. The number of fused-ring (bicyclic) bond motifs is 1. The third-order valence-electron chi connectivity index (χ3n) is 3.13. The topological polar surface area (TPSA) is 86.5 Å². The Kier molecular flexibility index (Phi) is 3.68. The minimum atomic E-state index is -0.604. The fourth-order valence-corrected chi connectivity index (χ4v) is 2.02. The minimum absolute atomic E-state index is 0.119. The summed E-state index contributed by atoms with van der Waals surface area (Å²) < 4.78 is 10.1. The molecule has 0 saturated carbocycles. The van der Waals surface area contributed by atoms with Crippen molar-refractivity contribution in [3.8, 4) is 22.9 Å². The van der Waals surface area contributed by atoms with E-state index in [1.165, 1.54) is 16.9 Å². The smallest absolute Gasteiger partial charge is 0.335 e. The summed E-state index contributed by atoms with van der Waals surface area (Å²) in [5.74, 6) is 0.147. The number of nitrogens with zero attached hydrogens (tertiary/aromatic N) is 3. The lowest BCUT2D eigenvalue weighted by Crippen LogP contribution is -2.04. The van der Waals surface area contributed by atoms with Crippen molar-refractivity contribution in [2.45, 2.75) is 0 Å². The second kappa shape index (κ2) is 5.80. The molecule has 1 aromatic heterocycles. The summed E-state index contributed by atoms with van der Waals surface area (Å²) in [5, 5.41) is 18.7. The average molecular weight is 311 g/mol. The van der Waals surface area contributed by atoms with E-state index in [2.05, 4.69) is 16.8 Å². The van der Waals surface area contributed by atoms with Crippen LogP contribution in [0.25, 0.3) is 16.7 Å². The number of phenolic OH excluding ortho intramolecular Hbond substituents is 1. The van der Waals surface area contributed by atoms with E-state index < -0.39 is 5.97 Å². The lowest BCUT2D eigenvalue weighted by molar-refractivity contribution is -0.128. The van der Waals surface area contributed by atoms with Crippen LogP contribution in [-0.2, 0) is 4.79 Å². The fourth-order valence-electron chi connectivity index (χ4n) is 2.02. The highest BCUT2D eigenvalue weighted by atomic mass is 16.5. The molecular weight excluding hydrogens is 298 g/mol. The number of aromatic nitrogens is 3. The largest absolute Gasteiger partial charge is 0.505 e. The van der Waals surface area contributed by atoms with Crippen molar-refractivity contribution in [2.75, 3.05) is 7.11 Å². The first-order chi connectivity index (χ1) is 11.1. The van der Waals surface area contributed by atoms with Gasteiger partial charge in [-0.2, -0.15) is 0 Å². The third-order valence-corrected chi connectivity index (χ3v) is 3.13. The lowest BCUT2D eigenvalue weighted by atomic mass is 10.3. The second-order valence-electron chi connectivity index (χ2n) is 4.62. The van der Waals surface area contributed by atoms with Crippen LogP contribution >= 0.6 is 0 Å². The predicted octanol–water partition coefficient (Wildman–Crippen LogP) is 2.23. The van der Waals surface area contributed by atoms with Gasteiger partial charge in [-0.1, -0.05) is 6.58 Å². The minimum Gasteiger partial charge on any atom is -0.505 e. The molecule has 7 heteroatoms. The number of rotatable bonds is 4. The summed E-state index contributed by atoms with van der Waals surface area (Å²) in [6.07, 6.45) is 1.04. The van der Waals surface area contributed by atoms with Gasteiger partial charge in [-0.3, -0.25) is 0 Å². The van der Waals surface area contributed by atoms with Crippen molar-refractivity contribution in [2.24, 2.45) is 0 Å². The number of carbonyl (C=O) groups excluding carboxylic acids is 1. The van der Waals surface area contributed by atoms with Gasteiger partial charge in [-0.25, -0.2) is 4.79 Å². The van der Waals surface area contributed by atoms with E-state index in [0.717, 1.165) is 6.08 Å². The van der Waals surface area contributed by atoms with Crippen molar-refractivity contribution < 1.29 is 19.4 Å². The number of ether oxygens (including phenoxy) is 2. The van der Waals surface area contributed by atoms with Crippen LogP contribution in [0.4, 0.5) is 0 Å². The number of hydrogen-bond donors (Lipinski definition) is 1. The molecule has 0 aliphatic carbocycles. The number of benzene rings is 2. The molecule has 2 aromatic carbocycles. The van der Waals surface area contributed by atoms with Gasteiger partial charge in [-0.05, 0) is 24.3 Å². The summed E-state index contributed by atoms with van der Waals surface area (Å²) in [7, 11) is 1.57. The lowest BCUT2D eigenvalue weighted by Gasteiger charge is -2.05. The zero-order valence-corrected chi connectivity index (χ0v) is 12.3. The Labute approximate surface area is 131 Å². The first-order valence-corrected chi connectivity index (χ1v) is 6.69. The third kappa shape index (κ3) is 2.84. The van der Waals surface area contributed by atoms with E-state index in [4.69, 9.17) is 9.47 Å². The maximum atomic E-state index is 11.2. The predicted molar refractivity (Wildman–Crippen MR) is 82.9 cm³/mol. The number of carbonyl (C=O) groups is 1. The number of hydrogen-bond acceptors (Lipinski definition) is 6. The SMILES string of the molecule is C=CC(=O)Oc1ccc(-n2nc3ccc(OC)cc3n2)c(O)c1. The van der Waals surface area contributed by atoms with E-state index in [1.807, 2.05) is 0 Å². The molecule has 1 heterocycles. The van der Waals surface area contributed by atoms with E-state index in [9.17, 15) is 9.90 Å².